The Labute approximate surface area is 192 Å². The molecule has 0 fully saturated rings. The predicted octanol–water partition coefficient (Wildman–Crippen LogP) is 4.50. The fraction of sp³-hybridized carbons (Fsp3) is 0.154. The predicted molar refractivity (Wildman–Crippen MR) is 125 cm³/mol. The zero-order chi connectivity index (χ0) is 23.0. The lowest BCUT2D eigenvalue weighted by Crippen LogP contribution is -2.33. The number of amides is 1. The molecule has 0 spiro atoms. The van der Waals surface area contributed by atoms with Crippen molar-refractivity contribution in [2.24, 2.45) is 0 Å². The van der Waals surface area contributed by atoms with Crippen LogP contribution < -0.4 is 4.74 Å². The first-order valence-electron chi connectivity index (χ1n) is 10.5. The molecule has 0 aliphatic heterocycles. The first-order chi connectivity index (χ1) is 16.2. The first-order valence-corrected chi connectivity index (χ1v) is 10.5. The fourth-order valence-corrected chi connectivity index (χ4v) is 3.53. The second-order valence-electron chi connectivity index (χ2n) is 7.39. The molecule has 1 amide bonds. The number of nitrogens with zero attached hydrogens (tertiary/aromatic N) is 5. The Kier molecular flexibility index (Phi) is 6.76. The lowest BCUT2D eigenvalue weighted by atomic mass is 10.1. The molecular formula is C26H23N5O2. The van der Waals surface area contributed by atoms with Gasteiger partial charge in [-0.3, -0.25) is 9.78 Å². The number of pyridine rings is 1. The monoisotopic (exact) mass is 437 g/mol. The fourth-order valence-electron chi connectivity index (χ4n) is 3.53. The molecule has 0 unspecified atom stereocenters. The third kappa shape index (κ3) is 5.08. The van der Waals surface area contributed by atoms with Crippen LogP contribution in [-0.2, 0) is 6.54 Å². The van der Waals surface area contributed by atoms with Gasteiger partial charge in [-0.25, -0.2) is 4.68 Å². The number of benzene rings is 2. The average molecular weight is 438 g/mol. The highest BCUT2D eigenvalue weighted by Gasteiger charge is 2.23. The van der Waals surface area contributed by atoms with Crippen molar-refractivity contribution in [2.45, 2.75) is 13.0 Å². The molecule has 0 atom stereocenters. The summed E-state index contributed by atoms with van der Waals surface area (Å²) in [6.07, 6.45) is 3.65. The van der Waals surface area contributed by atoms with Crippen molar-refractivity contribution in [3.63, 3.8) is 0 Å². The molecule has 0 bridgehead atoms. The van der Waals surface area contributed by atoms with E-state index in [1.165, 1.54) is 0 Å². The number of methoxy groups -OCH3 is 1. The maximum Gasteiger partial charge on any atom is 0.272 e. The summed E-state index contributed by atoms with van der Waals surface area (Å²) in [6.45, 7) is 0.654. The van der Waals surface area contributed by atoms with Crippen molar-refractivity contribution in [2.75, 3.05) is 13.7 Å². The molecule has 0 aliphatic carbocycles. The summed E-state index contributed by atoms with van der Waals surface area (Å²) in [4.78, 5) is 19.5. The number of para-hydroxylation sites is 1. The van der Waals surface area contributed by atoms with Crippen LogP contribution >= 0.6 is 0 Å². The number of carbonyl (C=O) groups is 1. The molecule has 33 heavy (non-hydrogen) atoms. The molecule has 0 radical (unpaired) electrons. The van der Waals surface area contributed by atoms with Crippen LogP contribution in [0.3, 0.4) is 0 Å². The average Bonchev–Trinajstić information content (AvgIpc) is 3.33. The Morgan fingerprint density at radius 2 is 1.94 bits per heavy atom. The SMILES string of the molecule is COc1cccc(-c2cc(C(=O)N(CCC#N)Cc3cccnc3)n(-c3ccccc3)n2)c1. The van der Waals surface area contributed by atoms with Gasteiger partial charge in [0.05, 0.1) is 31.0 Å². The summed E-state index contributed by atoms with van der Waals surface area (Å²) in [6, 6.07) is 24.8. The first kappa shape index (κ1) is 21.8. The van der Waals surface area contributed by atoms with Crippen molar-refractivity contribution in [3.8, 4) is 28.8 Å². The summed E-state index contributed by atoms with van der Waals surface area (Å²) < 4.78 is 7.00. The molecular weight excluding hydrogens is 414 g/mol. The summed E-state index contributed by atoms with van der Waals surface area (Å²) in [5, 5.41) is 13.9. The highest BCUT2D eigenvalue weighted by molar-refractivity contribution is 5.94. The summed E-state index contributed by atoms with van der Waals surface area (Å²) in [5.41, 5.74) is 3.58. The van der Waals surface area contributed by atoms with Crippen LogP contribution in [0.15, 0.2) is 85.2 Å². The Bertz CT molecular complexity index is 1260. The number of hydrogen-bond donors (Lipinski definition) is 0. The van der Waals surface area contributed by atoms with Crippen molar-refractivity contribution in [1.82, 2.24) is 19.7 Å². The number of rotatable bonds is 8. The van der Waals surface area contributed by atoms with E-state index in [1.54, 1.807) is 35.2 Å². The molecule has 0 saturated heterocycles. The van der Waals surface area contributed by atoms with Gasteiger partial charge in [0.15, 0.2) is 0 Å². The van der Waals surface area contributed by atoms with Crippen molar-refractivity contribution in [1.29, 1.82) is 5.26 Å². The smallest absolute Gasteiger partial charge is 0.272 e. The molecule has 0 aliphatic rings. The van der Waals surface area contributed by atoms with Gasteiger partial charge < -0.3 is 9.64 Å². The molecule has 0 N–H and O–H groups in total. The minimum Gasteiger partial charge on any atom is -0.497 e. The van der Waals surface area contributed by atoms with Gasteiger partial charge in [-0.05, 0) is 42.0 Å². The van der Waals surface area contributed by atoms with E-state index in [1.807, 2.05) is 66.7 Å². The quantitative estimate of drug-likeness (QED) is 0.405. The van der Waals surface area contributed by atoms with E-state index in [0.29, 0.717) is 30.2 Å². The molecule has 2 heterocycles. The Morgan fingerprint density at radius 3 is 2.67 bits per heavy atom. The maximum atomic E-state index is 13.7. The third-order valence-electron chi connectivity index (χ3n) is 5.17. The molecule has 4 rings (SSSR count). The number of carbonyl (C=O) groups excluding carboxylic acids is 1. The molecule has 2 aromatic carbocycles. The van der Waals surface area contributed by atoms with Crippen LogP contribution in [0.4, 0.5) is 0 Å². The summed E-state index contributed by atoms with van der Waals surface area (Å²) >= 11 is 0. The van der Waals surface area contributed by atoms with Gasteiger partial charge in [-0.1, -0.05) is 36.4 Å². The molecule has 164 valence electrons. The topological polar surface area (TPSA) is 84.0 Å². The Balaban J connectivity index is 1.77. The number of ether oxygens (including phenoxy) is 1. The van der Waals surface area contributed by atoms with Crippen LogP contribution in [0.25, 0.3) is 16.9 Å². The van der Waals surface area contributed by atoms with Crippen LogP contribution in [0.1, 0.15) is 22.5 Å². The van der Waals surface area contributed by atoms with Gasteiger partial charge in [-0.2, -0.15) is 10.4 Å². The van der Waals surface area contributed by atoms with Crippen LogP contribution in [0.2, 0.25) is 0 Å². The lowest BCUT2D eigenvalue weighted by molar-refractivity contribution is 0.0737. The zero-order valence-electron chi connectivity index (χ0n) is 18.3. The molecule has 7 nitrogen and oxygen atoms in total. The van der Waals surface area contributed by atoms with Gasteiger partial charge in [0.1, 0.15) is 11.4 Å². The van der Waals surface area contributed by atoms with Crippen molar-refractivity contribution < 1.29 is 9.53 Å². The van der Waals surface area contributed by atoms with Crippen LogP contribution in [0.5, 0.6) is 5.75 Å². The van der Waals surface area contributed by atoms with E-state index in [0.717, 1.165) is 16.8 Å². The van der Waals surface area contributed by atoms with Crippen molar-refractivity contribution >= 4 is 5.91 Å². The minimum absolute atomic E-state index is 0.209. The third-order valence-corrected chi connectivity index (χ3v) is 5.17. The molecule has 4 aromatic rings. The largest absolute Gasteiger partial charge is 0.497 e. The lowest BCUT2D eigenvalue weighted by Gasteiger charge is -2.22. The van der Waals surface area contributed by atoms with E-state index in [4.69, 9.17) is 15.1 Å². The second-order valence-corrected chi connectivity index (χ2v) is 7.39. The summed E-state index contributed by atoms with van der Waals surface area (Å²) in [5.74, 6) is 0.501. The van der Waals surface area contributed by atoms with Gasteiger partial charge >= 0.3 is 0 Å². The van der Waals surface area contributed by atoms with Crippen LogP contribution in [0, 0.1) is 11.3 Å². The normalized spacial score (nSPS) is 10.4. The van der Waals surface area contributed by atoms with Gasteiger partial charge in [0.2, 0.25) is 0 Å². The van der Waals surface area contributed by atoms with Gasteiger partial charge in [0.25, 0.3) is 5.91 Å². The number of nitriles is 1. The van der Waals surface area contributed by atoms with E-state index in [2.05, 4.69) is 11.1 Å². The van der Waals surface area contributed by atoms with E-state index in [-0.39, 0.29) is 12.3 Å². The van der Waals surface area contributed by atoms with E-state index < -0.39 is 0 Å². The number of hydrogen-bond acceptors (Lipinski definition) is 5. The number of aromatic nitrogens is 3. The second kappa shape index (κ2) is 10.2. The molecule has 0 saturated carbocycles. The van der Waals surface area contributed by atoms with Crippen molar-refractivity contribution in [3.05, 3.63) is 96.4 Å². The Morgan fingerprint density at radius 1 is 1.09 bits per heavy atom. The highest BCUT2D eigenvalue weighted by atomic mass is 16.5. The minimum atomic E-state index is -0.209. The maximum absolute atomic E-state index is 13.7. The zero-order valence-corrected chi connectivity index (χ0v) is 18.3. The standard InChI is InChI=1S/C26H23N5O2/c1-33-23-12-5-9-21(16-23)24-17-25(31(29-24)22-10-3-2-4-11-22)26(32)30(15-7-13-27)19-20-8-6-14-28-18-20/h2-6,8-12,14,16-18H,7,15,19H2,1H3. The molecule has 7 heteroatoms. The van der Waals surface area contributed by atoms with E-state index in [9.17, 15) is 4.79 Å². The van der Waals surface area contributed by atoms with E-state index >= 15 is 0 Å². The van der Waals surface area contributed by atoms with Gasteiger partial charge in [0, 0.05) is 31.0 Å². The highest BCUT2D eigenvalue weighted by Crippen LogP contribution is 2.26. The Hall–Kier alpha value is -4.44. The van der Waals surface area contributed by atoms with Crippen LogP contribution in [-0.4, -0.2) is 39.2 Å². The van der Waals surface area contributed by atoms with Gasteiger partial charge in [-0.15, -0.1) is 0 Å². The molecule has 2 aromatic heterocycles. The summed E-state index contributed by atoms with van der Waals surface area (Å²) in [7, 11) is 1.61.